The highest BCUT2D eigenvalue weighted by molar-refractivity contribution is 6.34. The minimum absolute atomic E-state index is 0.205. The molecule has 0 amide bonds. The first kappa shape index (κ1) is 15.4. The molecule has 0 unspecified atom stereocenters. The Hall–Kier alpha value is -2.01. The molecule has 5 nitrogen and oxygen atoms in total. The number of halogens is 1. The van der Waals surface area contributed by atoms with Crippen molar-refractivity contribution in [2.75, 3.05) is 14.2 Å². The lowest BCUT2D eigenvalue weighted by Crippen LogP contribution is -2.12. The number of aromatic nitrogens is 2. The first-order valence-electron chi connectivity index (χ1n) is 6.59. The summed E-state index contributed by atoms with van der Waals surface area (Å²) >= 11 is 6.11. The lowest BCUT2D eigenvalue weighted by molar-refractivity contribution is 0.102. The van der Waals surface area contributed by atoms with Gasteiger partial charge >= 0.3 is 0 Å². The summed E-state index contributed by atoms with van der Waals surface area (Å²) in [6.07, 6.45) is 2.35. The highest BCUT2D eigenvalue weighted by Crippen LogP contribution is 2.26. The fraction of sp³-hybridized carbons (Fsp3) is 0.333. The maximum absolute atomic E-state index is 12.7. The molecule has 0 saturated carbocycles. The van der Waals surface area contributed by atoms with E-state index in [1.165, 1.54) is 20.4 Å². The summed E-state index contributed by atoms with van der Waals surface area (Å²) in [5, 5.41) is 4.48. The van der Waals surface area contributed by atoms with E-state index in [1.807, 2.05) is 6.92 Å². The van der Waals surface area contributed by atoms with Gasteiger partial charge in [-0.1, -0.05) is 18.5 Å². The maximum atomic E-state index is 12.7. The molecule has 2 rings (SSSR count). The quantitative estimate of drug-likeness (QED) is 0.769. The zero-order valence-corrected chi connectivity index (χ0v) is 13.0. The van der Waals surface area contributed by atoms with Gasteiger partial charge in [-0.15, -0.1) is 0 Å². The zero-order chi connectivity index (χ0) is 15.4. The van der Waals surface area contributed by atoms with Crippen LogP contribution in [0.5, 0.6) is 11.5 Å². The number of aryl methyl sites for hydroxylation is 1. The van der Waals surface area contributed by atoms with E-state index in [9.17, 15) is 4.79 Å². The molecule has 0 spiro atoms. The van der Waals surface area contributed by atoms with Gasteiger partial charge in [0.15, 0.2) is 0 Å². The van der Waals surface area contributed by atoms with Crippen molar-refractivity contribution in [3.05, 3.63) is 40.7 Å². The minimum Gasteiger partial charge on any atom is -0.497 e. The first-order chi connectivity index (χ1) is 10.1. The smallest absolute Gasteiger partial charge is 0.212 e. The lowest BCUT2D eigenvalue weighted by Gasteiger charge is -2.09. The largest absolute Gasteiger partial charge is 0.497 e. The standard InChI is InChI=1S/C15H17ClN2O3/c1-4-5-18-14(13(16)9-17-18)15(19)10-6-11(20-2)8-12(7-10)21-3/h6-9H,4-5H2,1-3H3. The number of benzene rings is 1. The summed E-state index contributed by atoms with van der Waals surface area (Å²) in [4.78, 5) is 12.7. The number of hydrogen-bond donors (Lipinski definition) is 0. The Balaban J connectivity index is 2.47. The third-order valence-corrected chi connectivity index (χ3v) is 3.34. The Kier molecular flexibility index (Phi) is 4.85. The fourth-order valence-corrected chi connectivity index (χ4v) is 2.27. The summed E-state index contributed by atoms with van der Waals surface area (Å²) in [6, 6.07) is 5.02. The van der Waals surface area contributed by atoms with E-state index >= 15 is 0 Å². The molecule has 0 fully saturated rings. The van der Waals surface area contributed by atoms with E-state index in [-0.39, 0.29) is 5.78 Å². The van der Waals surface area contributed by atoms with Crippen LogP contribution >= 0.6 is 11.6 Å². The Morgan fingerprint density at radius 2 is 1.86 bits per heavy atom. The van der Waals surface area contributed by atoms with Gasteiger partial charge in [-0.3, -0.25) is 9.48 Å². The van der Waals surface area contributed by atoms with Crippen molar-refractivity contribution in [3.8, 4) is 11.5 Å². The van der Waals surface area contributed by atoms with Crippen molar-refractivity contribution in [3.63, 3.8) is 0 Å². The highest BCUT2D eigenvalue weighted by Gasteiger charge is 2.20. The van der Waals surface area contributed by atoms with Crippen LogP contribution in [-0.4, -0.2) is 29.8 Å². The second kappa shape index (κ2) is 6.63. The van der Waals surface area contributed by atoms with Crippen LogP contribution in [0.2, 0.25) is 5.02 Å². The summed E-state index contributed by atoms with van der Waals surface area (Å²) in [5.74, 6) is 0.897. The van der Waals surface area contributed by atoms with Crippen LogP contribution in [0.1, 0.15) is 29.4 Å². The summed E-state index contributed by atoms with van der Waals surface area (Å²) in [5.41, 5.74) is 0.833. The fourth-order valence-electron chi connectivity index (χ4n) is 2.04. The van der Waals surface area contributed by atoms with Gasteiger partial charge in [0.05, 0.1) is 25.4 Å². The summed E-state index contributed by atoms with van der Waals surface area (Å²) in [6.45, 7) is 2.65. The number of carbonyl (C=O) groups is 1. The van der Waals surface area contributed by atoms with Crippen LogP contribution in [0.25, 0.3) is 0 Å². The number of nitrogens with zero attached hydrogens (tertiary/aromatic N) is 2. The molecule has 112 valence electrons. The first-order valence-corrected chi connectivity index (χ1v) is 6.97. The van der Waals surface area contributed by atoms with E-state index in [0.29, 0.717) is 34.3 Å². The van der Waals surface area contributed by atoms with Gasteiger partial charge in [0, 0.05) is 18.2 Å². The van der Waals surface area contributed by atoms with Gasteiger partial charge in [-0.2, -0.15) is 5.10 Å². The number of rotatable bonds is 6. The molecule has 0 bridgehead atoms. The SMILES string of the molecule is CCCn1ncc(Cl)c1C(=O)c1cc(OC)cc(OC)c1. The maximum Gasteiger partial charge on any atom is 0.212 e. The average molecular weight is 309 g/mol. The van der Waals surface area contributed by atoms with Gasteiger partial charge in [0.25, 0.3) is 0 Å². The second-order valence-corrected chi connectivity index (χ2v) is 4.90. The average Bonchev–Trinajstić information content (AvgIpc) is 2.87. The van der Waals surface area contributed by atoms with Gasteiger partial charge in [0.1, 0.15) is 17.2 Å². The van der Waals surface area contributed by atoms with E-state index in [2.05, 4.69) is 5.10 Å². The van der Waals surface area contributed by atoms with Gasteiger partial charge in [-0.25, -0.2) is 0 Å². The number of carbonyl (C=O) groups excluding carboxylic acids is 1. The highest BCUT2D eigenvalue weighted by atomic mass is 35.5. The second-order valence-electron chi connectivity index (χ2n) is 4.49. The van der Waals surface area contributed by atoms with Crippen LogP contribution in [0, 0.1) is 0 Å². The number of ketones is 1. The predicted octanol–water partition coefficient (Wildman–Crippen LogP) is 3.19. The van der Waals surface area contributed by atoms with E-state index < -0.39 is 0 Å². The van der Waals surface area contributed by atoms with Gasteiger partial charge in [0.2, 0.25) is 5.78 Å². The molecule has 6 heteroatoms. The molecular weight excluding hydrogens is 292 g/mol. The topological polar surface area (TPSA) is 53.4 Å². The molecule has 21 heavy (non-hydrogen) atoms. The monoisotopic (exact) mass is 308 g/mol. The number of methoxy groups -OCH3 is 2. The van der Waals surface area contributed by atoms with Crippen LogP contribution in [0.3, 0.4) is 0 Å². The normalized spacial score (nSPS) is 10.5. The third kappa shape index (κ3) is 3.19. The van der Waals surface area contributed by atoms with Crippen LogP contribution < -0.4 is 9.47 Å². The Morgan fingerprint density at radius 3 is 2.38 bits per heavy atom. The van der Waals surface area contributed by atoms with Crippen molar-refractivity contribution in [2.45, 2.75) is 19.9 Å². The number of hydrogen-bond acceptors (Lipinski definition) is 4. The van der Waals surface area contributed by atoms with E-state index in [1.54, 1.807) is 22.9 Å². The molecule has 0 aliphatic rings. The molecule has 0 atom stereocenters. The van der Waals surface area contributed by atoms with Crippen molar-refractivity contribution < 1.29 is 14.3 Å². The van der Waals surface area contributed by atoms with Crippen molar-refractivity contribution in [1.29, 1.82) is 0 Å². The number of ether oxygens (including phenoxy) is 2. The third-order valence-electron chi connectivity index (χ3n) is 3.06. The lowest BCUT2D eigenvalue weighted by atomic mass is 10.1. The molecule has 1 aromatic carbocycles. The molecule has 1 heterocycles. The minimum atomic E-state index is -0.205. The van der Waals surface area contributed by atoms with E-state index in [0.717, 1.165) is 6.42 Å². The molecule has 1 aromatic heterocycles. The van der Waals surface area contributed by atoms with Crippen molar-refractivity contribution in [1.82, 2.24) is 9.78 Å². The van der Waals surface area contributed by atoms with Crippen LogP contribution in [0.15, 0.2) is 24.4 Å². The summed E-state index contributed by atoms with van der Waals surface area (Å²) < 4.78 is 12.0. The van der Waals surface area contributed by atoms with Crippen molar-refractivity contribution >= 4 is 17.4 Å². The van der Waals surface area contributed by atoms with Crippen LogP contribution in [0.4, 0.5) is 0 Å². The molecule has 2 aromatic rings. The Labute approximate surface area is 128 Å². The molecule has 0 aliphatic heterocycles. The van der Waals surface area contributed by atoms with Crippen LogP contribution in [-0.2, 0) is 6.54 Å². The molecule has 0 aliphatic carbocycles. The van der Waals surface area contributed by atoms with E-state index in [4.69, 9.17) is 21.1 Å². The van der Waals surface area contributed by atoms with Crippen molar-refractivity contribution in [2.24, 2.45) is 0 Å². The molecule has 0 radical (unpaired) electrons. The predicted molar refractivity (Wildman–Crippen MR) is 80.5 cm³/mol. The molecule has 0 N–H and O–H groups in total. The zero-order valence-electron chi connectivity index (χ0n) is 12.2. The molecular formula is C15H17ClN2O3. The Bertz CT molecular complexity index is 630. The molecule has 0 saturated heterocycles. The summed E-state index contributed by atoms with van der Waals surface area (Å²) in [7, 11) is 3.08. The Morgan fingerprint density at radius 1 is 1.24 bits per heavy atom. The van der Waals surface area contributed by atoms with Gasteiger partial charge < -0.3 is 9.47 Å². The van der Waals surface area contributed by atoms with Gasteiger partial charge in [-0.05, 0) is 18.6 Å².